The van der Waals surface area contributed by atoms with Crippen LogP contribution in [0, 0.1) is 0 Å². The van der Waals surface area contributed by atoms with Gasteiger partial charge in [-0.25, -0.2) is 4.98 Å². The number of nitrogens with one attached hydrogen (secondary N) is 1. The van der Waals surface area contributed by atoms with Gasteiger partial charge >= 0.3 is 0 Å². The van der Waals surface area contributed by atoms with Crippen LogP contribution in [0.2, 0.25) is 0 Å². The number of hydrogen-bond donors (Lipinski definition) is 1. The molecule has 0 saturated carbocycles. The van der Waals surface area contributed by atoms with Crippen molar-refractivity contribution in [2.24, 2.45) is 0 Å². The second kappa shape index (κ2) is 4.65. The molecule has 1 atom stereocenters. The predicted octanol–water partition coefficient (Wildman–Crippen LogP) is 3.91. The van der Waals surface area contributed by atoms with Gasteiger partial charge in [-0.05, 0) is 24.1 Å². The van der Waals surface area contributed by atoms with Crippen molar-refractivity contribution >= 4 is 11.0 Å². The highest BCUT2D eigenvalue weighted by Crippen LogP contribution is 2.20. The molecule has 1 aromatic heterocycles. The van der Waals surface area contributed by atoms with E-state index < -0.39 is 0 Å². The van der Waals surface area contributed by atoms with Gasteiger partial charge in [0.25, 0.3) is 0 Å². The largest absolute Gasteiger partial charge is 0.342 e. The number of hydrogen-bond acceptors (Lipinski definition) is 1. The molecule has 3 rings (SSSR count). The third-order valence-electron chi connectivity index (χ3n) is 3.26. The minimum Gasteiger partial charge on any atom is -0.342 e. The molecule has 0 spiro atoms. The zero-order valence-electron chi connectivity index (χ0n) is 10.4. The van der Waals surface area contributed by atoms with Crippen molar-refractivity contribution in [2.75, 3.05) is 0 Å². The van der Waals surface area contributed by atoms with Gasteiger partial charge in [0.2, 0.25) is 0 Å². The fraction of sp³-hybridized carbons (Fsp3) is 0.188. The first-order valence-electron chi connectivity index (χ1n) is 6.31. The van der Waals surface area contributed by atoms with Crippen molar-refractivity contribution in [2.45, 2.75) is 19.3 Å². The second-order valence-corrected chi connectivity index (χ2v) is 4.73. The maximum absolute atomic E-state index is 4.65. The average molecular weight is 236 g/mol. The summed E-state index contributed by atoms with van der Waals surface area (Å²) >= 11 is 0. The Hall–Kier alpha value is -2.09. The van der Waals surface area contributed by atoms with Crippen LogP contribution < -0.4 is 0 Å². The summed E-state index contributed by atoms with van der Waals surface area (Å²) < 4.78 is 0. The zero-order valence-corrected chi connectivity index (χ0v) is 10.4. The predicted molar refractivity (Wildman–Crippen MR) is 74.7 cm³/mol. The Morgan fingerprint density at radius 1 is 1.00 bits per heavy atom. The molecule has 0 unspecified atom stereocenters. The molecule has 90 valence electrons. The zero-order chi connectivity index (χ0) is 12.4. The number of H-pyrrole nitrogens is 1. The van der Waals surface area contributed by atoms with Gasteiger partial charge in [-0.2, -0.15) is 0 Å². The Balaban J connectivity index is 1.86. The van der Waals surface area contributed by atoms with Gasteiger partial charge in [-0.15, -0.1) is 0 Å². The van der Waals surface area contributed by atoms with E-state index in [-0.39, 0.29) is 0 Å². The standard InChI is InChI=1S/C16H16N2/c1-12(11-13-7-3-2-4-8-13)16-17-14-9-5-6-10-15(14)18-16/h2-10,12H,11H2,1H3,(H,17,18)/t12-/m0/s1. The normalized spacial score (nSPS) is 12.7. The molecule has 3 aromatic rings. The minimum absolute atomic E-state index is 0.403. The Morgan fingerprint density at radius 2 is 1.72 bits per heavy atom. The highest BCUT2D eigenvalue weighted by atomic mass is 14.9. The van der Waals surface area contributed by atoms with Gasteiger partial charge in [-0.3, -0.25) is 0 Å². The van der Waals surface area contributed by atoms with Gasteiger partial charge in [0.15, 0.2) is 0 Å². The lowest BCUT2D eigenvalue weighted by Gasteiger charge is -2.08. The van der Waals surface area contributed by atoms with Crippen LogP contribution in [0.3, 0.4) is 0 Å². The molecule has 2 nitrogen and oxygen atoms in total. The lowest BCUT2D eigenvalue weighted by atomic mass is 10.0. The first-order chi connectivity index (χ1) is 8.83. The molecule has 18 heavy (non-hydrogen) atoms. The number of benzene rings is 2. The smallest absolute Gasteiger partial charge is 0.110 e. The van der Waals surface area contributed by atoms with Gasteiger partial charge in [0, 0.05) is 5.92 Å². The Kier molecular flexibility index (Phi) is 2.85. The highest BCUT2D eigenvalue weighted by Gasteiger charge is 2.11. The molecule has 2 heteroatoms. The number of aromatic nitrogens is 2. The Morgan fingerprint density at radius 3 is 2.50 bits per heavy atom. The van der Waals surface area contributed by atoms with Crippen LogP contribution in [-0.4, -0.2) is 9.97 Å². The molecule has 0 radical (unpaired) electrons. The van der Waals surface area contributed by atoms with E-state index in [0.29, 0.717) is 5.92 Å². The molecule has 1 heterocycles. The number of fused-ring (bicyclic) bond motifs is 1. The Labute approximate surface area is 107 Å². The average Bonchev–Trinajstić information content (AvgIpc) is 2.84. The van der Waals surface area contributed by atoms with Crippen LogP contribution in [0.15, 0.2) is 54.6 Å². The van der Waals surface area contributed by atoms with Gasteiger partial charge in [-0.1, -0.05) is 49.4 Å². The first-order valence-corrected chi connectivity index (χ1v) is 6.31. The third kappa shape index (κ3) is 2.14. The number of nitrogens with zero attached hydrogens (tertiary/aromatic N) is 1. The molecule has 1 N–H and O–H groups in total. The summed E-state index contributed by atoms with van der Waals surface area (Å²) in [6, 6.07) is 18.7. The van der Waals surface area contributed by atoms with Gasteiger partial charge < -0.3 is 4.98 Å². The number of para-hydroxylation sites is 2. The summed E-state index contributed by atoms with van der Waals surface area (Å²) in [5, 5.41) is 0. The molecule has 0 aliphatic carbocycles. The van der Waals surface area contributed by atoms with Crippen molar-refractivity contribution in [3.8, 4) is 0 Å². The highest BCUT2D eigenvalue weighted by molar-refractivity contribution is 5.74. The van der Waals surface area contributed by atoms with Gasteiger partial charge in [0.1, 0.15) is 5.82 Å². The van der Waals surface area contributed by atoms with E-state index in [1.807, 2.05) is 18.2 Å². The van der Waals surface area contributed by atoms with Crippen LogP contribution in [0.25, 0.3) is 11.0 Å². The van der Waals surface area contributed by atoms with E-state index in [4.69, 9.17) is 0 Å². The molecule has 0 amide bonds. The van der Waals surface area contributed by atoms with E-state index in [0.717, 1.165) is 23.3 Å². The Bertz CT molecular complexity index is 607. The lowest BCUT2D eigenvalue weighted by Crippen LogP contribution is -2.00. The summed E-state index contributed by atoms with van der Waals surface area (Å²) in [6.45, 7) is 2.21. The number of rotatable bonds is 3. The van der Waals surface area contributed by atoms with E-state index in [9.17, 15) is 0 Å². The first kappa shape index (κ1) is 11.0. The topological polar surface area (TPSA) is 28.7 Å². The molecule has 2 aromatic carbocycles. The number of imidazole rings is 1. The molecule has 0 fully saturated rings. The summed E-state index contributed by atoms with van der Waals surface area (Å²) in [6.07, 6.45) is 1.01. The van der Waals surface area contributed by atoms with Crippen LogP contribution in [0.1, 0.15) is 24.2 Å². The monoisotopic (exact) mass is 236 g/mol. The lowest BCUT2D eigenvalue weighted by molar-refractivity contribution is 0.713. The molecule has 0 bridgehead atoms. The van der Waals surface area contributed by atoms with Crippen LogP contribution in [-0.2, 0) is 6.42 Å². The maximum Gasteiger partial charge on any atom is 0.110 e. The minimum atomic E-state index is 0.403. The molecule has 0 aliphatic rings. The summed E-state index contributed by atoms with van der Waals surface area (Å²) in [4.78, 5) is 8.06. The quantitative estimate of drug-likeness (QED) is 0.733. The summed E-state index contributed by atoms with van der Waals surface area (Å²) in [5.74, 6) is 1.47. The fourth-order valence-corrected chi connectivity index (χ4v) is 2.27. The van der Waals surface area contributed by atoms with E-state index in [2.05, 4.69) is 53.3 Å². The van der Waals surface area contributed by atoms with Crippen molar-refractivity contribution in [1.82, 2.24) is 9.97 Å². The van der Waals surface area contributed by atoms with Crippen LogP contribution >= 0.6 is 0 Å². The molecule has 0 saturated heterocycles. The van der Waals surface area contributed by atoms with Crippen molar-refractivity contribution < 1.29 is 0 Å². The molecular weight excluding hydrogens is 220 g/mol. The second-order valence-electron chi connectivity index (χ2n) is 4.73. The van der Waals surface area contributed by atoms with E-state index in [1.165, 1.54) is 5.56 Å². The fourth-order valence-electron chi connectivity index (χ4n) is 2.27. The summed E-state index contributed by atoms with van der Waals surface area (Å²) in [5.41, 5.74) is 3.52. The number of aromatic amines is 1. The van der Waals surface area contributed by atoms with Crippen LogP contribution in [0.5, 0.6) is 0 Å². The SMILES string of the molecule is C[C@@H](Cc1ccccc1)c1nc2ccccc2[nH]1. The van der Waals surface area contributed by atoms with Gasteiger partial charge in [0.05, 0.1) is 11.0 Å². The van der Waals surface area contributed by atoms with E-state index >= 15 is 0 Å². The van der Waals surface area contributed by atoms with Crippen molar-refractivity contribution in [3.63, 3.8) is 0 Å². The molecular formula is C16H16N2. The van der Waals surface area contributed by atoms with E-state index in [1.54, 1.807) is 0 Å². The summed E-state index contributed by atoms with van der Waals surface area (Å²) in [7, 11) is 0. The van der Waals surface area contributed by atoms with Crippen LogP contribution in [0.4, 0.5) is 0 Å². The maximum atomic E-state index is 4.65. The third-order valence-corrected chi connectivity index (χ3v) is 3.26. The molecule has 0 aliphatic heterocycles. The van der Waals surface area contributed by atoms with Crippen molar-refractivity contribution in [3.05, 3.63) is 66.0 Å². The van der Waals surface area contributed by atoms with Crippen molar-refractivity contribution in [1.29, 1.82) is 0 Å².